The van der Waals surface area contributed by atoms with E-state index in [9.17, 15) is 14.9 Å². The van der Waals surface area contributed by atoms with Crippen LogP contribution in [0, 0.1) is 10.1 Å². The van der Waals surface area contributed by atoms with Gasteiger partial charge in [0.15, 0.2) is 5.82 Å². The zero-order valence-electron chi connectivity index (χ0n) is 9.18. The van der Waals surface area contributed by atoms with E-state index in [1.165, 1.54) is 23.1 Å². The molecule has 0 bridgehead atoms. The van der Waals surface area contributed by atoms with Crippen molar-refractivity contribution >= 4 is 11.6 Å². The lowest BCUT2D eigenvalue weighted by atomic mass is 10.2. The number of carbonyl (C=O) groups excluding carboxylic acids is 1. The Hall–Kier alpha value is -2.77. The molecule has 1 aromatic carbocycles. The van der Waals surface area contributed by atoms with Crippen molar-refractivity contribution in [3.8, 4) is 11.4 Å². The highest BCUT2D eigenvalue weighted by atomic mass is 16.6. The minimum atomic E-state index is -0.518. The van der Waals surface area contributed by atoms with Gasteiger partial charge in [-0.3, -0.25) is 14.9 Å². The van der Waals surface area contributed by atoms with Crippen LogP contribution in [0.25, 0.3) is 11.4 Å². The largest absolute Gasteiger partial charge is 0.368 e. The van der Waals surface area contributed by atoms with E-state index in [-0.39, 0.29) is 12.2 Å². The molecule has 0 radical (unpaired) electrons. The summed E-state index contributed by atoms with van der Waals surface area (Å²) in [5, 5.41) is 14.5. The number of rotatable bonds is 4. The van der Waals surface area contributed by atoms with E-state index in [1.54, 1.807) is 12.1 Å². The van der Waals surface area contributed by atoms with Crippen LogP contribution in [-0.2, 0) is 11.3 Å². The Kier molecular flexibility index (Phi) is 3.00. The predicted octanol–water partition coefficient (Wildman–Crippen LogP) is 0.339. The van der Waals surface area contributed by atoms with Gasteiger partial charge in [-0.1, -0.05) is 0 Å². The topological polar surface area (TPSA) is 117 Å². The molecule has 0 saturated heterocycles. The Bertz CT molecular complexity index is 590. The Morgan fingerprint density at radius 1 is 1.39 bits per heavy atom. The van der Waals surface area contributed by atoms with Crippen LogP contribution in [0.2, 0.25) is 0 Å². The number of carbonyl (C=O) groups is 1. The van der Waals surface area contributed by atoms with E-state index in [1.807, 2.05) is 0 Å². The number of hydrogen-bond acceptors (Lipinski definition) is 5. The fraction of sp³-hybridized carbons (Fsp3) is 0.100. The normalized spacial score (nSPS) is 10.2. The summed E-state index contributed by atoms with van der Waals surface area (Å²) in [6.45, 7) is -0.0556. The molecule has 2 rings (SSSR count). The summed E-state index contributed by atoms with van der Waals surface area (Å²) in [6, 6.07) is 5.82. The fourth-order valence-electron chi connectivity index (χ4n) is 1.39. The zero-order valence-corrected chi connectivity index (χ0v) is 9.18. The van der Waals surface area contributed by atoms with Crippen LogP contribution in [0.4, 0.5) is 5.69 Å². The average Bonchev–Trinajstić information content (AvgIpc) is 2.76. The Morgan fingerprint density at radius 2 is 2.06 bits per heavy atom. The second-order valence-electron chi connectivity index (χ2n) is 3.54. The molecule has 0 aliphatic carbocycles. The highest BCUT2D eigenvalue weighted by Gasteiger charge is 2.08. The van der Waals surface area contributed by atoms with Crippen molar-refractivity contribution in [3.63, 3.8) is 0 Å². The standard InChI is InChI=1S/C10H9N5O3/c11-9(16)5-14-6-12-10(13-14)7-1-3-8(4-2-7)15(17)18/h1-4,6H,5H2,(H2,11,16). The van der Waals surface area contributed by atoms with Gasteiger partial charge in [0.25, 0.3) is 5.69 Å². The first kappa shape index (κ1) is 11.7. The summed E-state index contributed by atoms with van der Waals surface area (Å²) >= 11 is 0. The van der Waals surface area contributed by atoms with Gasteiger partial charge in [-0.2, -0.15) is 5.10 Å². The van der Waals surface area contributed by atoms with Gasteiger partial charge in [-0.25, -0.2) is 9.67 Å². The van der Waals surface area contributed by atoms with Crippen LogP contribution in [0.1, 0.15) is 0 Å². The molecule has 2 N–H and O–H groups in total. The van der Waals surface area contributed by atoms with Gasteiger partial charge in [0.1, 0.15) is 12.9 Å². The molecule has 1 heterocycles. The smallest absolute Gasteiger partial charge is 0.269 e. The number of nitro benzene ring substituents is 1. The maximum Gasteiger partial charge on any atom is 0.269 e. The number of amides is 1. The number of nitrogens with two attached hydrogens (primary N) is 1. The molecule has 0 unspecified atom stereocenters. The van der Waals surface area contributed by atoms with E-state index < -0.39 is 10.8 Å². The van der Waals surface area contributed by atoms with Gasteiger partial charge in [0.2, 0.25) is 5.91 Å². The van der Waals surface area contributed by atoms with E-state index >= 15 is 0 Å². The molecule has 0 fully saturated rings. The maximum atomic E-state index is 10.7. The van der Waals surface area contributed by atoms with Crippen molar-refractivity contribution in [3.05, 3.63) is 40.7 Å². The second-order valence-corrected chi connectivity index (χ2v) is 3.54. The molecule has 18 heavy (non-hydrogen) atoms. The molecule has 1 aromatic heterocycles. The molecule has 0 atom stereocenters. The SMILES string of the molecule is NC(=O)Cn1cnc(-c2ccc([N+](=O)[O-])cc2)n1. The first-order valence-electron chi connectivity index (χ1n) is 4.99. The van der Waals surface area contributed by atoms with Crippen LogP contribution >= 0.6 is 0 Å². The number of aromatic nitrogens is 3. The first-order valence-corrected chi connectivity index (χ1v) is 4.99. The fourth-order valence-corrected chi connectivity index (χ4v) is 1.39. The number of hydrogen-bond donors (Lipinski definition) is 1. The summed E-state index contributed by atoms with van der Waals surface area (Å²) in [6.07, 6.45) is 1.38. The van der Waals surface area contributed by atoms with Gasteiger partial charge < -0.3 is 5.73 Å². The highest BCUT2D eigenvalue weighted by Crippen LogP contribution is 2.18. The third kappa shape index (κ3) is 2.48. The summed E-state index contributed by atoms with van der Waals surface area (Å²) < 4.78 is 1.30. The predicted molar refractivity (Wildman–Crippen MR) is 61.3 cm³/mol. The van der Waals surface area contributed by atoms with Crippen LogP contribution in [0.3, 0.4) is 0 Å². The van der Waals surface area contributed by atoms with Crippen LogP contribution in [0.15, 0.2) is 30.6 Å². The average molecular weight is 247 g/mol. The summed E-state index contributed by atoms with van der Waals surface area (Å²) in [7, 11) is 0. The number of non-ortho nitro benzene ring substituents is 1. The van der Waals surface area contributed by atoms with Crippen molar-refractivity contribution in [2.45, 2.75) is 6.54 Å². The Morgan fingerprint density at radius 3 is 2.61 bits per heavy atom. The van der Waals surface area contributed by atoms with Crippen molar-refractivity contribution in [2.24, 2.45) is 5.73 Å². The van der Waals surface area contributed by atoms with E-state index in [0.717, 1.165) is 0 Å². The molecule has 2 aromatic rings. The highest BCUT2D eigenvalue weighted by molar-refractivity contribution is 5.73. The molecule has 0 spiro atoms. The molecule has 92 valence electrons. The molecule has 0 aliphatic heterocycles. The Balaban J connectivity index is 2.23. The minimum absolute atomic E-state index is 0.00433. The van der Waals surface area contributed by atoms with E-state index in [0.29, 0.717) is 11.4 Å². The van der Waals surface area contributed by atoms with Crippen LogP contribution in [0.5, 0.6) is 0 Å². The van der Waals surface area contributed by atoms with Gasteiger partial charge in [0, 0.05) is 17.7 Å². The minimum Gasteiger partial charge on any atom is -0.368 e. The van der Waals surface area contributed by atoms with Gasteiger partial charge in [-0.15, -0.1) is 0 Å². The van der Waals surface area contributed by atoms with E-state index in [4.69, 9.17) is 5.73 Å². The summed E-state index contributed by atoms with van der Waals surface area (Å²) in [4.78, 5) is 24.7. The quantitative estimate of drug-likeness (QED) is 0.617. The second kappa shape index (κ2) is 4.62. The monoisotopic (exact) mass is 247 g/mol. The molecular weight excluding hydrogens is 238 g/mol. The van der Waals surface area contributed by atoms with Crippen LogP contribution < -0.4 is 5.73 Å². The zero-order chi connectivity index (χ0) is 13.1. The van der Waals surface area contributed by atoms with Crippen molar-refractivity contribution < 1.29 is 9.72 Å². The van der Waals surface area contributed by atoms with E-state index in [2.05, 4.69) is 10.1 Å². The molecule has 0 saturated carbocycles. The lowest BCUT2D eigenvalue weighted by Gasteiger charge is -1.96. The molecule has 0 aliphatic rings. The summed E-state index contributed by atoms with van der Waals surface area (Å²) in [5.41, 5.74) is 5.65. The lowest BCUT2D eigenvalue weighted by Crippen LogP contribution is -2.18. The number of benzene rings is 1. The Labute approximate surface area is 101 Å². The third-order valence-electron chi connectivity index (χ3n) is 2.19. The third-order valence-corrected chi connectivity index (χ3v) is 2.19. The number of primary amides is 1. The molecule has 8 nitrogen and oxygen atoms in total. The summed E-state index contributed by atoms with van der Waals surface area (Å²) in [5.74, 6) is -0.138. The lowest BCUT2D eigenvalue weighted by molar-refractivity contribution is -0.384. The van der Waals surface area contributed by atoms with Gasteiger partial charge >= 0.3 is 0 Å². The van der Waals surface area contributed by atoms with Crippen LogP contribution in [-0.4, -0.2) is 25.6 Å². The molecular formula is C10H9N5O3. The maximum absolute atomic E-state index is 10.7. The first-order chi connectivity index (χ1) is 8.56. The van der Waals surface area contributed by atoms with Gasteiger partial charge in [-0.05, 0) is 12.1 Å². The number of nitro groups is 1. The van der Waals surface area contributed by atoms with Crippen molar-refractivity contribution in [1.29, 1.82) is 0 Å². The molecule has 1 amide bonds. The van der Waals surface area contributed by atoms with Crippen molar-refractivity contribution in [2.75, 3.05) is 0 Å². The van der Waals surface area contributed by atoms with Gasteiger partial charge in [0.05, 0.1) is 4.92 Å². The van der Waals surface area contributed by atoms with Crippen molar-refractivity contribution in [1.82, 2.24) is 14.8 Å². The molecule has 8 heteroatoms. The number of nitrogens with zero attached hydrogens (tertiary/aromatic N) is 4.